The molecule has 0 saturated carbocycles. The van der Waals surface area contributed by atoms with E-state index < -0.39 is 0 Å². The summed E-state index contributed by atoms with van der Waals surface area (Å²) in [5.74, 6) is 0.894. The van der Waals surface area contributed by atoms with Gasteiger partial charge < -0.3 is 9.88 Å². The average Bonchev–Trinajstić information content (AvgIpc) is 2.83. The molecule has 2 rings (SSSR count). The summed E-state index contributed by atoms with van der Waals surface area (Å²) >= 11 is 0. The van der Waals surface area contributed by atoms with Crippen molar-refractivity contribution < 1.29 is 0 Å². The van der Waals surface area contributed by atoms with E-state index in [1.165, 1.54) is 19.3 Å². The maximum Gasteiger partial charge on any atom is 0.163 e. The van der Waals surface area contributed by atoms with Gasteiger partial charge in [0.15, 0.2) is 5.82 Å². The van der Waals surface area contributed by atoms with Gasteiger partial charge in [0, 0.05) is 24.3 Å². The van der Waals surface area contributed by atoms with E-state index in [-0.39, 0.29) is 0 Å². The standard InChI is InChI=1S/C15H22N4/c1-4-5-6-12(2)17-14-9-7-13(8-10-14)15-18-16-11-19(15)3/h7-12,17H,4-6H2,1-3H3. The van der Waals surface area contributed by atoms with Crippen LogP contribution in [0.4, 0.5) is 5.69 Å². The first-order valence-corrected chi connectivity index (χ1v) is 6.91. The fraction of sp³-hybridized carbons (Fsp3) is 0.467. The first-order chi connectivity index (χ1) is 9.20. The Balaban J connectivity index is 2.01. The summed E-state index contributed by atoms with van der Waals surface area (Å²) in [7, 11) is 1.95. The van der Waals surface area contributed by atoms with Crippen LogP contribution in [-0.4, -0.2) is 20.8 Å². The van der Waals surface area contributed by atoms with Crippen molar-refractivity contribution >= 4 is 5.69 Å². The van der Waals surface area contributed by atoms with E-state index in [0.717, 1.165) is 17.1 Å². The molecule has 0 bridgehead atoms. The lowest BCUT2D eigenvalue weighted by molar-refractivity contribution is 0.645. The van der Waals surface area contributed by atoms with E-state index in [9.17, 15) is 0 Å². The number of aryl methyl sites for hydroxylation is 1. The maximum atomic E-state index is 4.11. The van der Waals surface area contributed by atoms with E-state index in [1.54, 1.807) is 6.33 Å². The summed E-state index contributed by atoms with van der Waals surface area (Å²) in [5, 5.41) is 11.5. The van der Waals surface area contributed by atoms with Crippen molar-refractivity contribution in [1.29, 1.82) is 0 Å². The molecule has 0 saturated heterocycles. The minimum Gasteiger partial charge on any atom is -0.383 e. The molecule has 0 amide bonds. The highest BCUT2D eigenvalue weighted by molar-refractivity contribution is 5.59. The van der Waals surface area contributed by atoms with Crippen molar-refractivity contribution in [2.45, 2.75) is 39.2 Å². The van der Waals surface area contributed by atoms with Crippen LogP contribution in [0.15, 0.2) is 30.6 Å². The summed E-state index contributed by atoms with van der Waals surface area (Å²) in [5.41, 5.74) is 2.25. The van der Waals surface area contributed by atoms with Crippen LogP contribution < -0.4 is 5.32 Å². The molecule has 1 N–H and O–H groups in total. The van der Waals surface area contributed by atoms with Crippen LogP contribution in [0.1, 0.15) is 33.1 Å². The van der Waals surface area contributed by atoms with Crippen molar-refractivity contribution in [2.24, 2.45) is 7.05 Å². The number of aromatic nitrogens is 3. The molecule has 1 atom stereocenters. The second-order valence-electron chi connectivity index (χ2n) is 5.03. The zero-order chi connectivity index (χ0) is 13.7. The Morgan fingerprint density at radius 2 is 2.00 bits per heavy atom. The van der Waals surface area contributed by atoms with E-state index in [0.29, 0.717) is 6.04 Å². The van der Waals surface area contributed by atoms with Crippen molar-refractivity contribution in [2.75, 3.05) is 5.32 Å². The molecule has 1 aromatic carbocycles. The number of benzene rings is 1. The number of nitrogens with one attached hydrogen (secondary N) is 1. The Labute approximate surface area is 114 Å². The molecule has 2 aromatic rings. The van der Waals surface area contributed by atoms with Crippen LogP contribution in [-0.2, 0) is 7.05 Å². The fourth-order valence-electron chi connectivity index (χ4n) is 2.13. The third kappa shape index (κ3) is 3.56. The largest absolute Gasteiger partial charge is 0.383 e. The predicted molar refractivity (Wildman–Crippen MR) is 79.0 cm³/mol. The quantitative estimate of drug-likeness (QED) is 0.862. The van der Waals surface area contributed by atoms with Gasteiger partial charge in [0.25, 0.3) is 0 Å². The first-order valence-electron chi connectivity index (χ1n) is 6.91. The molecule has 0 aliphatic heterocycles. The van der Waals surface area contributed by atoms with Gasteiger partial charge in [-0.15, -0.1) is 10.2 Å². The second kappa shape index (κ2) is 6.36. The SMILES string of the molecule is CCCCC(C)Nc1ccc(-c2nncn2C)cc1. The number of rotatable bonds is 6. The van der Waals surface area contributed by atoms with E-state index in [1.807, 2.05) is 11.6 Å². The molecule has 0 aliphatic carbocycles. The van der Waals surface area contributed by atoms with Crippen LogP contribution >= 0.6 is 0 Å². The topological polar surface area (TPSA) is 42.7 Å². The minimum atomic E-state index is 0.514. The highest BCUT2D eigenvalue weighted by atomic mass is 15.2. The van der Waals surface area contributed by atoms with Gasteiger partial charge in [-0.05, 0) is 37.6 Å². The molecule has 1 aromatic heterocycles. The van der Waals surface area contributed by atoms with Gasteiger partial charge in [0.05, 0.1) is 0 Å². The van der Waals surface area contributed by atoms with E-state index >= 15 is 0 Å². The predicted octanol–water partition coefficient (Wildman–Crippen LogP) is 3.47. The number of anilines is 1. The molecule has 1 unspecified atom stereocenters. The van der Waals surface area contributed by atoms with Crippen LogP contribution in [0.2, 0.25) is 0 Å². The number of hydrogen-bond donors (Lipinski definition) is 1. The van der Waals surface area contributed by atoms with Crippen LogP contribution in [0, 0.1) is 0 Å². The summed E-state index contributed by atoms with van der Waals surface area (Å²) in [6.07, 6.45) is 5.44. The van der Waals surface area contributed by atoms with Gasteiger partial charge in [0.2, 0.25) is 0 Å². The number of hydrogen-bond acceptors (Lipinski definition) is 3. The zero-order valence-corrected chi connectivity index (χ0v) is 11.9. The van der Waals surface area contributed by atoms with Gasteiger partial charge in [-0.25, -0.2) is 0 Å². The summed E-state index contributed by atoms with van der Waals surface area (Å²) in [6.45, 7) is 4.45. The highest BCUT2D eigenvalue weighted by Crippen LogP contribution is 2.19. The molecule has 4 nitrogen and oxygen atoms in total. The Hall–Kier alpha value is -1.84. The molecule has 0 spiro atoms. The third-order valence-electron chi connectivity index (χ3n) is 3.26. The lowest BCUT2D eigenvalue weighted by Gasteiger charge is -2.15. The van der Waals surface area contributed by atoms with Crippen molar-refractivity contribution in [3.05, 3.63) is 30.6 Å². The monoisotopic (exact) mass is 258 g/mol. The van der Waals surface area contributed by atoms with Gasteiger partial charge in [-0.2, -0.15) is 0 Å². The molecule has 0 fully saturated rings. The minimum absolute atomic E-state index is 0.514. The Bertz CT molecular complexity index is 501. The molecule has 1 heterocycles. The lowest BCUT2D eigenvalue weighted by atomic mass is 10.1. The van der Waals surface area contributed by atoms with Gasteiger partial charge in [0.1, 0.15) is 6.33 Å². The Morgan fingerprint density at radius 3 is 2.58 bits per heavy atom. The molecular formula is C15H22N4. The lowest BCUT2D eigenvalue weighted by Crippen LogP contribution is -2.14. The van der Waals surface area contributed by atoms with Crippen molar-refractivity contribution in [1.82, 2.24) is 14.8 Å². The van der Waals surface area contributed by atoms with Gasteiger partial charge >= 0.3 is 0 Å². The summed E-state index contributed by atoms with van der Waals surface area (Å²) in [6, 6.07) is 8.89. The van der Waals surface area contributed by atoms with Crippen LogP contribution in [0.25, 0.3) is 11.4 Å². The molecular weight excluding hydrogens is 236 g/mol. The molecule has 0 aliphatic rings. The smallest absolute Gasteiger partial charge is 0.163 e. The van der Waals surface area contributed by atoms with Crippen molar-refractivity contribution in [3.63, 3.8) is 0 Å². The van der Waals surface area contributed by atoms with Crippen LogP contribution in [0.5, 0.6) is 0 Å². The number of nitrogens with zero attached hydrogens (tertiary/aromatic N) is 3. The van der Waals surface area contributed by atoms with Crippen LogP contribution in [0.3, 0.4) is 0 Å². The molecule has 0 radical (unpaired) electrons. The van der Waals surface area contributed by atoms with Gasteiger partial charge in [-0.1, -0.05) is 19.8 Å². The second-order valence-corrected chi connectivity index (χ2v) is 5.03. The molecule has 19 heavy (non-hydrogen) atoms. The van der Waals surface area contributed by atoms with E-state index in [4.69, 9.17) is 0 Å². The Morgan fingerprint density at radius 1 is 1.26 bits per heavy atom. The Kier molecular flexibility index (Phi) is 4.55. The number of unbranched alkanes of at least 4 members (excludes halogenated alkanes) is 1. The van der Waals surface area contributed by atoms with Crippen molar-refractivity contribution in [3.8, 4) is 11.4 Å². The maximum absolute atomic E-state index is 4.11. The zero-order valence-electron chi connectivity index (χ0n) is 11.9. The average molecular weight is 258 g/mol. The molecule has 102 valence electrons. The van der Waals surface area contributed by atoms with E-state index in [2.05, 4.69) is 53.6 Å². The fourth-order valence-corrected chi connectivity index (χ4v) is 2.13. The highest BCUT2D eigenvalue weighted by Gasteiger charge is 2.05. The summed E-state index contributed by atoms with van der Waals surface area (Å²) < 4.78 is 1.92. The van der Waals surface area contributed by atoms with Gasteiger partial charge in [-0.3, -0.25) is 0 Å². The molecule has 4 heteroatoms. The third-order valence-corrected chi connectivity index (χ3v) is 3.26. The normalized spacial score (nSPS) is 12.4. The first kappa shape index (κ1) is 13.6. The summed E-state index contributed by atoms with van der Waals surface area (Å²) in [4.78, 5) is 0.